The number of amides is 1. The zero-order chi connectivity index (χ0) is 24.0. The zero-order valence-corrected chi connectivity index (χ0v) is 20.4. The lowest BCUT2D eigenvalue weighted by atomic mass is 9.92. The first-order valence-corrected chi connectivity index (χ1v) is 12.4. The molecule has 1 aromatic heterocycles. The molecule has 0 radical (unpaired) electrons. The van der Waals surface area contributed by atoms with E-state index in [0.29, 0.717) is 29.1 Å². The average Bonchev–Trinajstić information content (AvgIpc) is 3.18. The Morgan fingerprint density at radius 3 is 2.36 bits per heavy atom. The summed E-state index contributed by atoms with van der Waals surface area (Å²) in [5, 5.41) is 14.7. The van der Waals surface area contributed by atoms with Crippen LogP contribution in [-0.2, 0) is 4.79 Å². The molecule has 0 bridgehead atoms. The molecule has 176 valence electrons. The van der Waals surface area contributed by atoms with Crippen LogP contribution in [0.5, 0.6) is 0 Å². The third-order valence-corrected chi connectivity index (χ3v) is 6.40. The van der Waals surface area contributed by atoms with Crippen LogP contribution < -0.4 is 5.32 Å². The number of aromatic nitrogens is 1. The maximum Gasteiger partial charge on any atom is 0.298 e. The minimum absolute atomic E-state index is 0.0453. The molecule has 1 amide bonds. The number of fused-ring (bicyclic) bond motifs is 1. The number of para-hydroxylation sites is 2. The maximum absolute atomic E-state index is 12.6. The number of nitrogens with one attached hydrogen (secondary N) is 1. The summed E-state index contributed by atoms with van der Waals surface area (Å²) < 4.78 is 5.61. The van der Waals surface area contributed by atoms with E-state index >= 15 is 0 Å². The number of benzene rings is 2. The SMILES string of the molecule is CC(C)c1cccc(C(C)C)c1NC(=O)CCCCCSc1nc2c([N+](=O)[O-])cccc2o1. The van der Waals surface area contributed by atoms with Crippen molar-refractivity contribution in [2.75, 3.05) is 11.1 Å². The molecule has 1 N–H and O–H groups in total. The van der Waals surface area contributed by atoms with Crippen LogP contribution in [0.1, 0.15) is 76.3 Å². The first kappa shape index (κ1) is 24.8. The predicted octanol–water partition coefficient (Wildman–Crippen LogP) is 7.27. The molecule has 0 spiro atoms. The van der Waals surface area contributed by atoms with Gasteiger partial charge < -0.3 is 9.73 Å². The van der Waals surface area contributed by atoms with Crippen molar-refractivity contribution in [3.05, 3.63) is 57.6 Å². The van der Waals surface area contributed by atoms with Gasteiger partial charge in [0.1, 0.15) is 0 Å². The highest BCUT2D eigenvalue weighted by atomic mass is 32.2. The van der Waals surface area contributed by atoms with Gasteiger partial charge in [0.05, 0.1) is 4.92 Å². The summed E-state index contributed by atoms with van der Waals surface area (Å²) in [4.78, 5) is 27.5. The molecular formula is C25H31N3O4S. The summed E-state index contributed by atoms with van der Waals surface area (Å²) in [6.45, 7) is 8.56. The van der Waals surface area contributed by atoms with Gasteiger partial charge in [-0.05, 0) is 41.9 Å². The van der Waals surface area contributed by atoms with E-state index in [1.165, 1.54) is 29.0 Å². The van der Waals surface area contributed by atoms with Crippen molar-refractivity contribution in [2.24, 2.45) is 0 Å². The van der Waals surface area contributed by atoms with E-state index in [2.05, 4.69) is 56.2 Å². The number of non-ortho nitro benzene ring substituents is 1. The Morgan fingerprint density at radius 2 is 1.73 bits per heavy atom. The van der Waals surface area contributed by atoms with E-state index in [1.54, 1.807) is 12.1 Å². The number of nitrogens with zero attached hydrogens (tertiary/aromatic N) is 2. The molecule has 7 nitrogen and oxygen atoms in total. The van der Waals surface area contributed by atoms with E-state index in [-0.39, 0.29) is 17.1 Å². The van der Waals surface area contributed by atoms with Crippen molar-refractivity contribution in [2.45, 2.75) is 70.4 Å². The van der Waals surface area contributed by atoms with Crippen LogP contribution >= 0.6 is 11.8 Å². The normalized spacial score (nSPS) is 11.5. The lowest BCUT2D eigenvalue weighted by Crippen LogP contribution is -2.15. The fourth-order valence-electron chi connectivity index (χ4n) is 3.74. The minimum Gasteiger partial charge on any atom is -0.431 e. The molecule has 0 saturated heterocycles. The van der Waals surface area contributed by atoms with Gasteiger partial charge in [0, 0.05) is 23.9 Å². The quantitative estimate of drug-likeness (QED) is 0.137. The van der Waals surface area contributed by atoms with Crippen LogP contribution in [-0.4, -0.2) is 21.6 Å². The van der Waals surface area contributed by atoms with Gasteiger partial charge in [-0.25, -0.2) is 0 Å². The molecule has 3 aromatic rings. The second kappa shape index (κ2) is 11.3. The number of hydrogen-bond donors (Lipinski definition) is 1. The number of thioether (sulfide) groups is 1. The van der Waals surface area contributed by atoms with Gasteiger partial charge in [0.15, 0.2) is 11.1 Å². The topological polar surface area (TPSA) is 98.3 Å². The highest BCUT2D eigenvalue weighted by Crippen LogP contribution is 2.33. The lowest BCUT2D eigenvalue weighted by molar-refractivity contribution is -0.383. The first-order valence-electron chi connectivity index (χ1n) is 11.4. The van der Waals surface area contributed by atoms with E-state index in [4.69, 9.17) is 4.42 Å². The van der Waals surface area contributed by atoms with Crippen molar-refractivity contribution in [1.29, 1.82) is 0 Å². The summed E-state index contributed by atoms with van der Waals surface area (Å²) in [7, 11) is 0. The van der Waals surface area contributed by atoms with Crippen molar-refractivity contribution >= 4 is 40.1 Å². The van der Waals surface area contributed by atoms with Gasteiger partial charge in [-0.1, -0.05) is 70.1 Å². The van der Waals surface area contributed by atoms with Crippen LogP contribution in [0.25, 0.3) is 11.1 Å². The molecule has 0 unspecified atom stereocenters. The highest BCUT2D eigenvalue weighted by molar-refractivity contribution is 7.99. The molecule has 8 heteroatoms. The van der Waals surface area contributed by atoms with Crippen LogP contribution in [0.15, 0.2) is 46.0 Å². The van der Waals surface area contributed by atoms with Crippen LogP contribution in [0.3, 0.4) is 0 Å². The third-order valence-electron chi connectivity index (χ3n) is 5.49. The molecule has 0 saturated carbocycles. The number of nitro benzene ring substituents is 1. The maximum atomic E-state index is 12.6. The number of oxazole rings is 1. The molecule has 0 aliphatic rings. The Bertz CT molecular complexity index is 1100. The first-order chi connectivity index (χ1) is 15.8. The Kier molecular flexibility index (Phi) is 8.49. The fourth-order valence-corrected chi connectivity index (χ4v) is 4.57. The average molecular weight is 470 g/mol. The standard InChI is InChI=1S/C25H31N3O4S/c1-16(2)18-10-8-11-19(17(3)4)23(18)26-22(29)14-6-5-7-15-33-25-27-24-20(28(30)31)12-9-13-21(24)32-25/h8-13,16-17H,5-7,14-15H2,1-4H3,(H,26,29). The smallest absolute Gasteiger partial charge is 0.298 e. The second-order valence-corrected chi connectivity index (χ2v) is 9.74. The van der Waals surface area contributed by atoms with Crippen molar-refractivity contribution in [3.8, 4) is 0 Å². The second-order valence-electron chi connectivity index (χ2n) is 8.69. The molecule has 33 heavy (non-hydrogen) atoms. The summed E-state index contributed by atoms with van der Waals surface area (Å²) in [5.41, 5.74) is 3.96. The molecule has 1 heterocycles. The highest BCUT2D eigenvalue weighted by Gasteiger charge is 2.18. The van der Waals surface area contributed by atoms with E-state index < -0.39 is 4.92 Å². The number of carbonyl (C=O) groups excluding carboxylic acids is 1. The molecule has 0 aliphatic carbocycles. The third kappa shape index (κ3) is 6.35. The van der Waals surface area contributed by atoms with Crippen LogP contribution in [0.4, 0.5) is 11.4 Å². The van der Waals surface area contributed by atoms with Gasteiger partial charge in [-0.2, -0.15) is 4.98 Å². The van der Waals surface area contributed by atoms with E-state index in [9.17, 15) is 14.9 Å². The largest absolute Gasteiger partial charge is 0.431 e. The van der Waals surface area contributed by atoms with Crippen LogP contribution in [0.2, 0.25) is 0 Å². The Balaban J connectivity index is 1.46. The van der Waals surface area contributed by atoms with Gasteiger partial charge in [0.25, 0.3) is 10.9 Å². The van der Waals surface area contributed by atoms with Crippen molar-refractivity contribution in [3.63, 3.8) is 0 Å². The Morgan fingerprint density at radius 1 is 1.06 bits per heavy atom. The molecule has 0 atom stereocenters. The number of anilines is 1. The summed E-state index contributed by atoms with van der Waals surface area (Å²) in [5.74, 6) is 1.49. The van der Waals surface area contributed by atoms with Crippen LogP contribution in [0, 0.1) is 10.1 Å². The van der Waals surface area contributed by atoms with Crippen molar-refractivity contribution < 1.29 is 14.1 Å². The van der Waals surface area contributed by atoms with Gasteiger partial charge in [0.2, 0.25) is 5.91 Å². The lowest BCUT2D eigenvalue weighted by Gasteiger charge is -2.20. The molecule has 0 fully saturated rings. The Hall–Kier alpha value is -2.87. The number of unbranched alkanes of at least 4 members (excludes halogenated alkanes) is 2. The monoisotopic (exact) mass is 469 g/mol. The molecule has 2 aromatic carbocycles. The number of rotatable bonds is 11. The summed E-state index contributed by atoms with van der Waals surface area (Å²) in [6.07, 6.45) is 3.08. The fraction of sp³-hybridized carbons (Fsp3) is 0.440. The summed E-state index contributed by atoms with van der Waals surface area (Å²) in [6, 6.07) is 10.9. The number of hydrogen-bond acceptors (Lipinski definition) is 6. The molecule has 0 aliphatic heterocycles. The minimum atomic E-state index is -0.450. The van der Waals surface area contributed by atoms with E-state index in [1.807, 2.05) is 0 Å². The molecular weight excluding hydrogens is 438 g/mol. The predicted molar refractivity (Wildman–Crippen MR) is 133 cm³/mol. The number of nitro groups is 1. The zero-order valence-electron chi connectivity index (χ0n) is 19.6. The summed E-state index contributed by atoms with van der Waals surface area (Å²) >= 11 is 1.44. The van der Waals surface area contributed by atoms with Gasteiger partial charge in [-0.3, -0.25) is 14.9 Å². The van der Waals surface area contributed by atoms with E-state index in [0.717, 1.165) is 30.7 Å². The number of carbonyl (C=O) groups is 1. The molecule has 3 rings (SSSR count). The Labute approximate surface area is 198 Å². The van der Waals surface area contributed by atoms with Crippen molar-refractivity contribution in [1.82, 2.24) is 4.98 Å². The van der Waals surface area contributed by atoms with Gasteiger partial charge in [-0.15, -0.1) is 0 Å². The van der Waals surface area contributed by atoms with Gasteiger partial charge >= 0.3 is 0 Å².